The lowest BCUT2D eigenvalue weighted by Gasteiger charge is -2.17. The van der Waals surface area contributed by atoms with Crippen LogP contribution in [0.4, 0.5) is 0 Å². The van der Waals surface area contributed by atoms with Crippen LogP contribution in [0.5, 0.6) is 0 Å². The average Bonchev–Trinajstić information content (AvgIpc) is 2.74. The number of unbranched alkanes of at least 4 members (excludes halogenated alkanes) is 1. The Bertz CT molecular complexity index is 1150. The number of sulfonamides is 2. The van der Waals surface area contributed by atoms with Gasteiger partial charge in [-0.15, -0.1) is 0 Å². The minimum atomic E-state index is -3.93. The number of carbonyl (C=O) groups is 1. The highest BCUT2D eigenvalue weighted by Gasteiger charge is 2.26. The molecule has 32 heavy (non-hydrogen) atoms. The molecule has 0 aliphatic rings. The fraction of sp³-hybridized carbons (Fsp3) is 0.350. The predicted octanol–water partition coefficient (Wildman–Crippen LogP) is 3.27. The van der Waals surface area contributed by atoms with E-state index < -0.39 is 32.1 Å². The molecule has 0 aliphatic heterocycles. The molecule has 2 N–H and O–H groups in total. The van der Waals surface area contributed by atoms with Crippen molar-refractivity contribution in [2.75, 3.05) is 13.7 Å². The summed E-state index contributed by atoms with van der Waals surface area (Å²) in [5, 5.41) is 0.365. The van der Waals surface area contributed by atoms with Crippen LogP contribution in [0.1, 0.15) is 24.8 Å². The zero-order valence-electron chi connectivity index (χ0n) is 17.5. The molecule has 0 bridgehead atoms. The molecule has 2 aromatic carbocycles. The van der Waals surface area contributed by atoms with Crippen LogP contribution >= 0.6 is 23.2 Å². The summed E-state index contributed by atoms with van der Waals surface area (Å²) in [6, 6.07) is 9.08. The number of carbonyl (C=O) groups excluding carboxylic acids is 1. The van der Waals surface area contributed by atoms with E-state index in [0.717, 1.165) is 5.56 Å². The normalized spacial score (nSPS) is 13.0. The van der Waals surface area contributed by atoms with Gasteiger partial charge in [-0.3, -0.25) is 4.79 Å². The molecule has 0 saturated carbocycles. The maximum absolute atomic E-state index is 12.6. The molecule has 0 aromatic heterocycles. The molecule has 0 saturated heterocycles. The maximum Gasteiger partial charge on any atom is 0.323 e. The van der Waals surface area contributed by atoms with Crippen LogP contribution in [0.3, 0.4) is 0 Å². The van der Waals surface area contributed by atoms with Gasteiger partial charge < -0.3 is 4.74 Å². The summed E-state index contributed by atoms with van der Waals surface area (Å²) < 4.78 is 59.3. The van der Waals surface area contributed by atoms with Gasteiger partial charge in [-0.05, 0) is 56.5 Å². The molecule has 0 spiro atoms. The highest BCUT2D eigenvalue weighted by molar-refractivity contribution is 7.89. The van der Waals surface area contributed by atoms with E-state index in [4.69, 9.17) is 27.9 Å². The molecule has 8 nitrogen and oxygen atoms in total. The monoisotopic (exact) mass is 522 g/mol. The van der Waals surface area contributed by atoms with Gasteiger partial charge in [0.15, 0.2) is 0 Å². The Morgan fingerprint density at radius 1 is 0.938 bits per heavy atom. The van der Waals surface area contributed by atoms with E-state index >= 15 is 0 Å². The molecule has 0 amide bonds. The van der Waals surface area contributed by atoms with Gasteiger partial charge in [-0.1, -0.05) is 40.9 Å². The molecule has 0 radical (unpaired) electrons. The molecule has 176 valence electrons. The lowest BCUT2D eigenvalue weighted by atomic mass is 10.1. The summed E-state index contributed by atoms with van der Waals surface area (Å²) in [4.78, 5) is 12.1. The van der Waals surface area contributed by atoms with Gasteiger partial charge in [0.05, 0.1) is 26.9 Å². The van der Waals surface area contributed by atoms with Crippen molar-refractivity contribution >= 4 is 49.2 Å². The number of methoxy groups -OCH3 is 1. The second-order valence-corrected chi connectivity index (χ2v) is 11.3. The van der Waals surface area contributed by atoms with Crippen LogP contribution in [0.25, 0.3) is 0 Å². The molecule has 12 heteroatoms. The number of hydrogen-bond acceptors (Lipinski definition) is 6. The Morgan fingerprint density at radius 2 is 1.56 bits per heavy atom. The van der Waals surface area contributed by atoms with Crippen molar-refractivity contribution in [1.29, 1.82) is 0 Å². The lowest BCUT2D eigenvalue weighted by Crippen LogP contribution is -2.41. The Labute approximate surface area is 198 Å². The molecule has 0 fully saturated rings. The molecule has 2 rings (SSSR count). The SMILES string of the molecule is COC(=O)C(CCCCNS(=O)(=O)c1ccc(Cl)c(Cl)c1)NS(=O)(=O)c1ccc(C)cc1. The zero-order chi connectivity index (χ0) is 23.9. The third-order valence-corrected chi connectivity index (χ3v) is 8.21. The Morgan fingerprint density at radius 3 is 2.16 bits per heavy atom. The van der Waals surface area contributed by atoms with Gasteiger partial charge in [-0.25, -0.2) is 21.6 Å². The predicted molar refractivity (Wildman–Crippen MR) is 123 cm³/mol. The number of halogens is 2. The number of esters is 1. The maximum atomic E-state index is 12.6. The van der Waals surface area contributed by atoms with E-state index in [-0.39, 0.29) is 32.8 Å². The molecule has 0 aliphatic carbocycles. The van der Waals surface area contributed by atoms with Gasteiger partial charge >= 0.3 is 5.97 Å². The van der Waals surface area contributed by atoms with Gasteiger partial charge in [-0.2, -0.15) is 4.72 Å². The summed E-state index contributed by atoms with van der Waals surface area (Å²) in [5.41, 5.74) is 0.900. The number of benzene rings is 2. The minimum absolute atomic E-state index is 0.0230. The van der Waals surface area contributed by atoms with Crippen LogP contribution in [-0.2, 0) is 29.6 Å². The third-order valence-electron chi connectivity index (χ3n) is 4.53. The van der Waals surface area contributed by atoms with E-state index in [0.29, 0.717) is 12.8 Å². The third kappa shape index (κ3) is 7.43. The Hall–Kier alpha value is -1.69. The number of aryl methyl sites for hydroxylation is 1. The van der Waals surface area contributed by atoms with Crippen molar-refractivity contribution in [1.82, 2.24) is 9.44 Å². The van der Waals surface area contributed by atoms with E-state index in [1.54, 1.807) is 12.1 Å². The van der Waals surface area contributed by atoms with Crippen molar-refractivity contribution in [3.05, 3.63) is 58.1 Å². The van der Waals surface area contributed by atoms with Gasteiger partial charge in [0.2, 0.25) is 20.0 Å². The molecule has 2 aromatic rings. The topological polar surface area (TPSA) is 119 Å². The van der Waals surface area contributed by atoms with Crippen LogP contribution < -0.4 is 9.44 Å². The van der Waals surface area contributed by atoms with Crippen LogP contribution in [0.2, 0.25) is 10.0 Å². The first-order valence-corrected chi connectivity index (χ1v) is 13.3. The first kappa shape index (κ1) is 26.6. The van der Waals surface area contributed by atoms with E-state index in [9.17, 15) is 21.6 Å². The fourth-order valence-electron chi connectivity index (χ4n) is 2.75. The summed E-state index contributed by atoms with van der Waals surface area (Å²) >= 11 is 11.7. The summed E-state index contributed by atoms with van der Waals surface area (Å²) in [6.45, 7) is 1.91. The van der Waals surface area contributed by atoms with Gasteiger partial charge in [0, 0.05) is 6.54 Å². The molecule has 0 heterocycles. The number of hydrogen-bond donors (Lipinski definition) is 2. The smallest absolute Gasteiger partial charge is 0.323 e. The Balaban J connectivity index is 1.93. The van der Waals surface area contributed by atoms with Crippen LogP contribution in [0, 0.1) is 6.92 Å². The van der Waals surface area contributed by atoms with E-state index in [2.05, 4.69) is 9.44 Å². The average molecular weight is 523 g/mol. The second kappa shape index (κ2) is 11.4. The number of rotatable bonds is 11. The molecule has 1 atom stereocenters. The van der Waals surface area contributed by atoms with Crippen LogP contribution in [-0.4, -0.2) is 42.5 Å². The molecular weight excluding hydrogens is 499 g/mol. The van der Waals surface area contributed by atoms with E-state index in [1.165, 1.54) is 37.4 Å². The van der Waals surface area contributed by atoms with Crippen molar-refractivity contribution in [3.63, 3.8) is 0 Å². The van der Waals surface area contributed by atoms with Gasteiger partial charge in [0.25, 0.3) is 0 Å². The second-order valence-electron chi connectivity index (χ2n) is 6.98. The summed E-state index contributed by atoms with van der Waals surface area (Å²) in [6.07, 6.45) is 0.854. The molecule has 1 unspecified atom stereocenters. The first-order valence-electron chi connectivity index (χ1n) is 9.58. The number of ether oxygens (including phenoxy) is 1. The van der Waals surface area contributed by atoms with Crippen molar-refractivity contribution < 1.29 is 26.4 Å². The van der Waals surface area contributed by atoms with Crippen LogP contribution in [0.15, 0.2) is 52.3 Å². The first-order chi connectivity index (χ1) is 15.0. The fourth-order valence-corrected chi connectivity index (χ4v) is 5.43. The molecular formula is C20H24Cl2N2O6S2. The Kier molecular flexibility index (Phi) is 9.50. The highest BCUT2D eigenvalue weighted by Crippen LogP contribution is 2.24. The standard InChI is InChI=1S/C20H24Cl2N2O6S2/c1-14-6-8-15(9-7-14)32(28,29)24-19(20(25)30-2)5-3-4-12-23-31(26,27)16-10-11-17(21)18(22)13-16/h6-11,13,19,23-24H,3-5,12H2,1-2H3. The summed E-state index contributed by atoms with van der Waals surface area (Å²) in [5.74, 6) is -0.725. The van der Waals surface area contributed by atoms with E-state index in [1.807, 2.05) is 6.92 Å². The van der Waals surface area contributed by atoms with Gasteiger partial charge in [0.1, 0.15) is 6.04 Å². The van der Waals surface area contributed by atoms with Crippen molar-refractivity contribution in [2.45, 2.75) is 42.0 Å². The number of nitrogens with one attached hydrogen (secondary N) is 2. The minimum Gasteiger partial charge on any atom is -0.468 e. The van der Waals surface area contributed by atoms with Crippen molar-refractivity contribution in [2.24, 2.45) is 0 Å². The highest BCUT2D eigenvalue weighted by atomic mass is 35.5. The van der Waals surface area contributed by atoms with Crippen molar-refractivity contribution in [3.8, 4) is 0 Å². The zero-order valence-corrected chi connectivity index (χ0v) is 20.6. The largest absolute Gasteiger partial charge is 0.468 e. The lowest BCUT2D eigenvalue weighted by molar-refractivity contribution is -0.142. The summed E-state index contributed by atoms with van der Waals surface area (Å²) in [7, 11) is -6.54. The quantitative estimate of drug-likeness (QED) is 0.345.